The van der Waals surface area contributed by atoms with Gasteiger partial charge in [0.05, 0.1) is 12.2 Å². The molecular formula is C26H24N2O4. The summed E-state index contributed by atoms with van der Waals surface area (Å²) in [6.45, 7) is 2.39. The second-order valence-electron chi connectivity index (χ2n) is 7.59. The standard InChI is InChI=1S/C26H24N2O4/c1-2-32-26(31)19-12-8-13-21(16-19)27-24(29)23(15-18-9-4-3-5-10-18)28-17-20-11-6-7-14-22(20)25(28)30/h3-14,16,23H,2,15,17H2,1H3,(H,27,29). The van der Waals surface area contributed by atoms with E-state index in [0.29, 0.717) is 29.8 Å². The number of ether oxygens (including phenoxy) is 1. The number of rotatable bonds is 7. The Morgan fingerprint density at radius 2 is 1.75 bits per heavy atom. The first kappa shape index (κ1) is 21.3. The van der Waals surface area contributed by atoms with Crippen molar-refractivity contribution < 1.29 is 19.1 Å². The molecule has 1 heterocycles. The van der Waals surface area contributed by atoms with Gasteiger partial charge in [-0.15, -0.1) is 0 Å². The lowest BCUT2D eigenvalue weighted by Crippen LogP contribution is -2.45. The fourth-order valence-electron chi connectivity index (χ4n) is 3.87. The minimum absolute atomic E-state index is 0.156. The fourth-order valence-corrected chi connectivity index (χ4v) is 3.87. The normalized spacial score (nSPS) is 13.4. The van der Waals surface area contributed by atoms with Crippen molar-refractivity contribution in [1.29, 1.82) is 0 Å². The van der Waals surface area contributed by atoms with Crippen molar-refractivity contribution in [2.45, 2.75) is 25.9 Å². The molecule has 6 heteroatoms. The van der Waals surface area contributed by atoms with Crippen molar-refractivity contribution in [3.63, 3.8) is 0 Å². The zero-order chi connectivity index (χ0) is 22.5. The molecule has 0 saturated heterocycles. The molecule has 3 aromatic carbocycles. The molecular weight excluding hydrogens is 404 g/mol. The Bertz CT molecular complexity index is 1140. The summed E-state index contributed by atoms with van der Waals surface area (Å²) in [7, 11) is 0. The molecule has 0 spiro atoms. The molecule has 0 fully saturated rings. The van der Waals surface area contributed by atoms with Crippen molar-refractivity contribution in [1.82, 2.24) is 4.90 Å². The van der Waals surface area contributed by atoms with E-state index >= 15 is 0 Å². The molecule has 0 aromatic heterocycles. The highest BCUT2D eigenvalue weighted by Crippen LogP contribution is 2.26. The van der Waals surface area contributed by atoms with Gasteiger partial charge in [-0.3, -0.25) is 9.59 Å². The molecule has 0 bridgehead atoms. The maximum absolute atomic E-state index is 13.4. The minimum atomic E-state index is -0.705. The van der Waals surface area contributed by atoms with Gasteiger partial charge < -0.3 is 15.0 Å². The van der Waals surface area contributed by atoms with Gasteiger partial charge in [0.15, 0.2) is 0 Å². The first-order valence-electron chi connectivity index (χ1n) is 10.6. The summed E-state index contributed by atoms with van der Waals surface area (Å²) in [5.74, 6) is -0.914. The quantitative estimate of drug-likeness (QED) is 0.576. The van der Waals surface area contributed by atoms with Crippen molar-refractivity contribution in [3.8, 4) is 0 Å². The molecule has 1 N–H and O–H groups in total. The Kier molecular flexibility index (Phi) is 6.31. The molecule has 1 aliphatic heterocycles. The van der Waals surface area contributed by atoms with Gasteiger partial charge in [0.25, 0.3) is 5.91 Å². The van der Waals surface area contributed by atoms with Crippen LogP contribution in [0.2, 0.25) is 0 Å². The lowest BCUT2D eigenvalue weighted by Gasteiger charge is -2.27. The molecule has 0 saturated carbocycles. The maximum atomic E-state index is 13.4. The van der Waals surface area contributed by atoms with Crippen LogP contribution in [0.5, 0.6) is 0 Å². The Morgan fingerprint density at radius 3 is 2.50 bits per heavy atom. The Balaban J connectivity index is 1.59. The van der Waals surface area contributed by atoms with Gasteiger partial charge in [-0.1, -0.05) is 54.6 Å². The number of benzene rings is 3. The number of carbonyl (C=O) groups is 3. The molecule has 0 radical (unpaired) electrons. The van der Waals surface area contributed by atoms with Crippen LogP contribution in [0, 0.1) is 0 Å². The molecule has 1 unspecified atom stereocenters. The number of anilines is 1. The molecule has 6 nitrogen and oxygen atoms in total. The highest BCUT2D eigenvalue weighted by Gasteiger charge is 2.36. The van der Waals surface area contributed by atoms with Crippen LogP contribution < -0.4 is 5.32 Å². The number of esters is 1. The average Bonchev–Trinajstić information content (AvgIpc) is 3.15. The van der Waals surface area contributed by atoms with Crippen molar-refractivity contribution in [3.05, 3.63) is 101 Å². The predicted octanol–water partition coefficient (Wildman–Crippen LogP) is 4.07. The molecule has 1 aliphatic rings. The summed E-state index contributed by atoms with van der Waals surface area (Å²) in [5, 5.41) is 2.88. The lowest BCUT2D eigenvalue weighted by atomic mass is 10.0. The third kappa shape index (κ3) is 4.54. The van der Waals surface area contributed by atoms with E-state index in [4.69, 9.17) is 4.74 Å². The number of hydrogen-bond donors (Lipinski definition) is 1. The number of nitrogens with zero attached hydrogens (tertiary/aromatic N) is 1. The van der Waals surface area contributed by atoms with Crippen LogP contribution in [-0.4, -0.2) is 35.3 Å². The van der Waals surface area contributed by atoms with Crippen molar-refractivity contribution >= 4 is 23.5 Å². The first-order valence-corrected chi connectivity index (χ1v) is 10.6. The largest absolute Gasteiger partial charge is 0.462 e. The van der Waals surface area contributed by atoms with Crippen molar-refractivity contribution in [2.75, 3.05) is 11.9 Å². The molecule has 2 amide bonds. The monoisotopic (exact) mass is 428 g/mol. The highest BCUT2D eigenvalue weighted by molar-refractivity contribution is 6.04. The Morgan fingerprint density at radius 1 is 1.00 bits per heavy atom. The molecule has 3 aromatic rings. The van der Waals surface area contributed by atoms with E-state index in [2.05, 4.69) is 5.32 Å². The number of hydrogen-bond acceptors (Lipinski definition) is 4. The Hall–Kier alpha value is -3.93. The second-order valence-corrected chi connectivity index (χ2v) is 7.59. The van der Waals surface area contributed by atoms with Crippen LogP contribution in [0.1, 0.15) is 38.8 Å². The minimum Gasteiger partial charge on any atom is -0.462 e. The van der Waals surface area contributed by atoms with E-state index in [1.54, 1.807) is 42.2 Å². The highest BCUT2D eigenvalue weighted by atomic mass is 16.5. The van der Waals surface area contributed by atoms with E-state index in [1.807, 2.05) is 48.5 Å². The molecule has 0 aliphatic carbocycles. The van der Waals surface area contributed by atoms with Gasteiger partial charge in [0, 0.05) is 24.2 Å². The average molecular weight is 428 g/mol. The molecule has 32 heavy (non-hydrogen) atoms. The fraction of sp³-hybridized carbons (Fsp3) is 0.192. The van der Waals surface area contributed by atoms with E-state index in [-0.39, 0.29) is 18.4 Å². The third-order valence-electron chi connectivity index (χ3n) is 5.44. The van der Waals surface area contributed by atoms with Crippen LogP contribution >= 0.6 is 0 Å². The maximum Gasteiger partial charge on any atom is 0.338 e. The van der Waals surface area contributed by atoms with E-state index < -0.39 is 12.0 Å². The van der Waals surface area contributed by atoms with Crippen LogP contribution in [0.25, 0.3) is 0 Å². The summed E-state index contributed by atoms with van der Waals surface area (Å²) < 4.78 is 5.04. The van der Waals surface area contributed by atoms with Gasteiger partial charge in [0.1, 0.15) is 6.04 Å². The van der Waals surface area contributed by atoms with Crippen LogP contribution in [-0.2, 0) is 22.5 Å². The van der Waals surface area contributed by atoms with E-state index in [9.17, 15) is 14.4 Å². The molecule has 4 rings (SSSR count). The SMILES string of the molecule is CCOC(=O)c1cccc(NC(=O)C(Cc2ccccc2)N2Cc3ccccc3C2=O)c1. The predicted molar refractivity (Wildman–Crippen MR) is 121 cm³/mol. The number of carbonyl (C=O) groups excluding carboxylic acids is 3. The smallest absolute Gasteiger partial charge is 0.338 e. The summed E-state index contributed by atoms with van der Waals surface area (Å²) >= 11 is 0. The van der Waals surface area contributed by atoms with Gasteiger partial charge in [-0.2, -0.15) is 0 Å². The number of amides is 2. The summed E-state index contributed by atoms with van der Waals surface area (Å²) in [6.07, 6.45) is 0.379. The van der Waals surface area contributed by atoms with Crippen LogP contribution in [0.3, 0.4) is 0 Å². The molecule has 1 atom stereocenters. The van der Waals surface area contributed by atoms with E-state index in [0.717, 1.165) is 11.1 Å². The molecule has 162 valence electrons. The van der Waals surface area contributed by atoms with Crippen molar-refractivity contribution in [2.24, 2.45) is 0 Å². The number of fused-ring (bicyclic) bond motifs is 1. The van der Waals surface area contributed by atoms with Crippen LogP contribution in [0.4, 0.5) is 5.69 Å². The van der Waals surface area contributed by atoms with Gasteiger partial charge >= 0.3 is 5.97 Å². The zero-order valence-corrected chi connectivity index (χ0v) is 17.8. The topological polar surface area (TPSA) is 75.7 Å². The third-order valence-corrected chi connectivity index (χ3v) is 5.44. The van der Waals surface area contributed by atoms with Crippen LogP contribution in [0.15, 0.2) is 78.9 Å². The summed E-state index contributed by atoms with van der Waals surface area (Å²) in [6, 6.07) is 22.9. The zero-order valence-electron chi connectivity index (χ0n) is 17.8. The first-order chi connectivity index (χ1) is 15.6. The summed E-state index contributed by atoms with van der Waals surface area (Å²) in [4.78, 5) is 40.1. The lowest BCUT2D eigenvalue weighted by molar-refractivity contribution is -0.120. The van der Waals surface area contributed by atoms with Gasteiger partial charge in [0.2, 0.25) is 5.91 Å². The van der Waals surface area contributed by atoms with Gasteiger partial charge in [-0.25, -0.2) is 4.79 Å². The van der Waals surface area contributed by atoms with Gasteiger partial charge in [-0.05, 0) is 42.3 Å². The Labute approximate surface area is 186 Å². The summed E-state index contributed by atoms with van der Waals surface area (Å²) in [5.41, 5.74) is 3.32. The van der Waals surface area contributed by atoms with E-state index in [1.165, 1.54) is 0 Å². The second kappa shape index (κ2) is 9.47. The number of nitrogens with one attached hydrogen (secondary N) is 1.